The Morgan fingerprint density at radius 2 is 1.84 bits per heavy atom. The van der Waals surface area contributed by atoms with Crippen molar-refractivity contribution in [2.45, 2.75) is 19.9 Å². The van der Waals surface area contributed by atoms with E-state index in [1.54, 1.807) is 39.3 Å². The van der Waals surface area contributed by atoms with Gasteiger partial charge in [-0.2, -0.15) is 5.10 Å². The second-order valence-corrected chi connectivity index (χ2v) is 5.57. The summed E-state index contributed by atoms with van der Waals surface area (Å²) < 4.78 is 10.4. The highest BCUT2D eigenvalue weighted by Crippen LogP contribution is 2.22. The predicted molar refractivity (Wildman–Crippen MR) is 99.5 cm³/mol. The van der Waals surface area contributed by atoms with Crippen LogP contribution in [0.1, 0.15) is 18.1 Å². The van der Waals surface area contributed by atoms with Gasteiger partial charge < -0.3 is 14.8 Å². The van der Waals surface area contributed by atoms with Crippen molar-refractivity contribution in [1.82, 2.24) is 5.43 Å². The Labute approximate surface area is 147 Å². The number of hydrogen-bond acceptors (Lipinski definition) is 5. The number of nitrogens with zero attached hydrogens (tertiary/aromatic N) is 1. The lowest BCUT2D eigenvalue weighted by molar-refractivity contribution is -0.121. The standard InChI is InChI=1S/C19H23N3O3/c1-13-5-8-16(9-6-13)21-14(2)19(23)22-20-12-15-7-10-17(24-3)11-18(15)25-4/h5-12,14,21H,1-4H3,(H,22,23). The molecule has 0 radical (unpaired) electrons. The number of ether oxygens (including phenoxy) is 2. The number of nitrogens with one attached hydrogen (secondary N) is 2. The number of rotatable bonds is 7. The number of anilines is 1. The first-order chi connectivity index (χ1) is 12.0. The zero-order valence-corrected chi connectivity index (χ0v) is 14.9. The Morgan fingerprint density at radius 3 is 2.48 bits per heavy atom. The Balaban J connectivity index is 1.94. The summed E-state index contributed by atoms with van der Waals surface area (Å²) in [5.74, 6) is 1.07. The Kier molecular flexibility index (Phi) is 6.39. The van der Waals surface area contributed by atoms with E-state index in [2.05, 4.69) is 15.8 Å². The van der Waals surface area contributed by atoms with Crippen molar-refractivity contribution in [3.63, 3.8) is 0 Å². The molecule has 2 aromatic rings. The Bertz CT molecular complexity index is 742. The Hall–Kier alpha value is -3.02. The average Bonchev–Trinajstić information content (AvgIpc) is 2.63. The van der Waals surface area contributed by atoms with Gasteiger partial charge in [0.1, 0.15) is 17.5 Å². The molecule has 0 aliphatic heterocycles. The number of hydrogen-bond donors (Lipinski definition) is 2. The van der Waals surface area contributed by atoms with Crippen molar-refractivity contribution in [1.29, 1.82) is 0 Å². The lowest BCUT2D eigenvalue weighted by atomic mass is 10.2. The van der Waals surface area contributed by atoms with E-state index in [1.807, 2.05) is 31.2 Å². The minimum atomic E-state index is -0.419. The number of carbonyl (C=O) groups excluding carboxylic acids is 1. The summed E-state index contributed by atoms with van der Waals surface area (Å²) in [4.78, 5) is 12.1. The molecule has 1 atom stereocenters. The van der Waals surface area contributed by atoms with Crippen LogP contribution >= 0.6 is 0 Å². The maximum atomic E-state index is 12.1. The van der Waals surface area contributed by atoms with E-state index in [4.69, 9.17) is 9.47 Å². The van der Waals surface area contributed by atoms with Gasteiger partial charge in [-0.3, -0.25) is 4.79 Å². The number of carbonyl (C=O) groups is 1. The van der Waals surface area contributed by atoms with Crippen LogP contribution in [0.25, 0.3) is 0 Å². The molecule has 0 saturated carbocycles. The monoisotopic (exact) mass is 341 g/mol. The third-order valence-electron chi connectivity index (χ3n) is 3.65. The smallest absolute Gasteiger partial charge is 0.262 e. The molecule has 2 rings (SSSR count). The fourth-order valence-electron chi connectivity index (χ4n) is 2.15. The highest BCUT2D eigenvalue weighted by atomic mass is 16.5. The number of aryl methyl sites for hydroxylation is 1. The first-order valence-electron chi connectivity index (χ1n) is 7.91. The Morgan fingerprint density at radius 1 is 1.12 bits per heavy atom. The molecule has 6 nitrogen and oxygen atoms in total. The zero-order chi connectivity index (χ0) is 18.2. The average molecular weight is 341 g/mol. The fraction of sp³-hybridized carbons (Fsp3) is 0.263. The molecule has 132 valence electrons. The maximum absolute atomic E-state index is 12.1. The van der Waals surface area contributed by atoms with Crippen LogP contribution in [-0.4, -0.2) is 32.4 Å². The van der Waals surface area contributed by atoms with Crippen molar-refractivity contribution in [2.75, 3.05) is 19.5 Å². The molecule has 0 heterocycles. The van der Waals surface area contributed by atoms with Crippen LogP contribution < -0.4 is 20.2 Å². The fourth-order valence-corrected chi connectivity index (χ4v) is 2.15. The van der Waals surface area contributed by atoms with Crippen LogP contribution in [0.4, 0.5) is 5.69 Å². The van der Waals surface area contributed by atoms with Crippen LogP contribution in [0.3, 0.4) is 0 Å². The molecule has 0 aliphatic carbocycles. The van der Waals surface area contributed by atoms with Gasteiger partial charge >= 0.3 is 0 Å². The van der Waals surface area contributed by atoms with Gasteiger partial charge in [-0.15, -0.1) is 0 Å². The third kappa shape index (κ3) is 5.24. The van der Waals surface area contributed by atoms with Crippen molar-refractivity contribution in [3.05, 3.63) is 53.6 Å². The SMILES string of the molecule is COc1ccc(C=NNC(=O)C(C)Nc2ccc(C)cc2)c(OC)c1. The summed E-state index contributed by atoms with van der Waals surface area (Å²) >= 11 is 0. The topological polar surface area (TPSA) is 72.0 Å². The van der Waals surface area contributed by atoms with E-state index in [1.165, 1.54) is 11.8 Å². The molecule has 2 aromatic carbocycles. The molecule has 0 aromatic heterocycles. The molecule has 0 fully saturated rings. The van der Waals surface area contributed by atoms with Gasteiger partial charge in [0, 0.05) is 17.3 Å². The minimum Gasteiger partial charge on any atom is -0.497 e. The third-order valence-corrected chi connectivity index (χ3v) is 3.65. The van der Waals surface area contributed by atoms with Gasteiger partial charge in [-0.05, 0) is 38.1 Å². The van der Waals surface area contributed by atoms with Crippen molar-refractivity contribution >= 4 is 17.8 Å². The summed E-state index contributed by atoms with van der Waals surface area (Å²) in [7, 11) is 3.16. The van der Waals surface area contributed by atoms with E-state index >= 15 is 0 Å². The molecule has 1 amide bonds. The van der Waals surface area contributed by atoms with Gasteiger partial charge in [0.05, 0.1) is 20.4 Å². The molecular weight excluding hydrogens is 318 g/mol. The van der Waals surface area contributed by atoms with E-state index in [9.17, 15) is 4.79 Å². The molecule has 0 spiro atoms. The summed E-state index contributed by atoms with van der Waals surface area (Å²) in [5, 5.41) is 7.13. The van der Waals surface area contributed by atoms with Gasteiger partial charge in [0.2, 0.25) is 0 Å². The van der Waals surface area contributed by atoms with Gasteiger partial charge in [-0.1, -0.05) is 17.7 Å². The number of hydrazone groups is 1. The van der Waals surface area contributed by atoms with Crippen LogP contribution in [-0.2, 0) is 4.79 Å². The van der Waals surface area contributed by atoms with Crippen LogP contribution in [0.5, 0.6) is 11.5 Å². The van der Waals surface area contributed by atoms with Crippen molar-refractivity contribution in [3.8, 4) is 11.5 Å². The van der Waals surface area contributed by atoms with Crippen molar-refractivity contribution < 1.29 is 14.3 Å². The largest absolute Gasteiger partial charge is 0.497 e. The summed E-state index contributed by atoms with van der Waals surface area (Å²) in [5.41, 5.74) is 5.31. The molecule has 2 N–H and O–H groups in total. The second kappa shape index (κ2) is 8.73. The second-order valence-electron chi connectivity index (χ2n) is 5.57. The zero-order valence-electron chi connectivity index (χ0n) is 14.9. The van der Waals surface area contributed by atoms with E-state index in [0.717, 1.165) is 11.3 Å². The lowest BCUT2D eigenvalue weighted by Crippen LogP contribution is -2.34. The molecule has 6 heteroatoms. The quantitative estimate of drug-likeness (QED) is 0.600. The molecule has 25 heavy (non-hydrogen) atoms. The highest BCUT2D eigenvalue weighted by Gasteiger charge is 2.11. The predicted octanol–water partition coefficient (Wildman–Crippen LogP) is 2.96. The number of amides is 1. The minimum absolute atomic E-state index is 0.232. The molecular formula is C19H23N3O3. The summed E-state index contributed by atoms with van der Waals surface area (Å²) in [6.07, 6.45) is 1.54. The van der Waals surface area contributed by atoms with Crippen LogP contribution in [0.15, 0.2) is 47.6 Å². The van der Waals surface area contributed by atoms with E-state index in [0.29, 0.717) is 11.5 Å². The number of benzene rings is 2. The van der Waals surface area contributed by atoms with Gasteiger partial charge in [0.25, 0.3) is 5.91 Å². The summed E-state index contributed by atoms with van der Waals surface area (Å²) in [6.45, 7) is 3.79. The van der Waals surface area contributed by atoms with Crippen LogP contribution in [0, 0.1) is 6.92 Å². The van der Waals surface area contributed by atoms with Gasteiger partial charge in [0.15, 0.2) is 0 Å². The normalized spacial score (nSPS) is 11.8. The van der Waals surface area contributed by atoms with Gasteiger partial charge in [-0.25, -0.2) is 5.43 Å². The van der Waals surface area contributed by atoms with Crippen LogP contribution in [0.2, 0.25) is 0 Å². The maximum Gasteiger partial charge on any atom is 0.262 e. The molecule has 1 unspecified atom stereocenters. The lowest BCUT2D eigenvalue weighted by Gasteiger charge is -2.13. The first kappa shape index (κ1) is 18.3. The molecule has 0 saturated heterocycles. The number of methoxy groups -OCH3 is 2. The summed E-state index contributed by atoms with van der Waals surface area (Å²) in [6, 6.07) is 12.8. The van der Waals surface area contributed by atoms with E-state index in [-0.39, 0.29) is 5.91 Å². The molecule has 0 aliphatic rings. The first-order valence-corrected chi connectivity index (χ1v) is 7.91. The van der Waals surface area contributed by atoms with Crippen molar-refractivity contribution in [2.24, 2.45) is 5.10 Å². The molecule has 0 bridgehead atoms. The van der Waals surface area contributed by atoms with E-state index < -0.39 is 6.04 Å². The highest BCUT2D eigenvalue weighted by molar-refractivity contribution is 5.87.